The summed E-state index contributed by atoms with van der Waals surface area (Å²) in [6.45, 7) is 4.19. The fourth-order valence-corrected chi connectivity index (χ4v) is 4.69. The molecule has 0 saturated carbocycles. The van der Waals surface area contributed by atoms with Crippen molar-refractivity contribution in [3.63, 3.8) is 0 Å². The van der Waals surface area contributed by atoms with Crippen LogP contribution < -0.4 is 0 Å². The van der Waals surface area contributed by atoms with Crippen LogP contribution in [-0.4, -0.2) is 22.1 Å². The fourth-order valence-electron chi connectivity index (χ4n) is 3.71. The lowest BCUT2D eigenvalue weighted by atomic mass is 9.87. The second-order valence-corrected chi connectivity index (χ2v) is 8.81. The Morgan fingerprint density at radius 1 is 1.21 bits per heavy atom. The molecule has 1 aromatic carbocycles. The van der Waals surface area contributed by atoms with Crippen LogP contribution in [-0.2, 0) is 17.5 Å². The molecular weight excluding hydrogens is 391 g/mol. The summed E-state index contributed by atoms with van der Waals surface area (Å²) in [4.78, 5) is 10.6. The van der Waals surface area contributed by atoms with Crippen molar-refractivity contribution < 1.29 is 9.68 Å². The number of rotatable bonds is 5. The molecule has 0 radical (unpaired) electrons. The third kappa shape index (κ3) is 4.15. The lowest BCUT2D eigenvalue weighted by molar-refractivity contribution is 0.204. The molecule has 3 aromatic rings. The minimum absolute atomic E-state index is 0.00766. The minimum Gasteiger partial charge on any atom is -0.427 e. The van der Waals surface area contributed by atoms with Gasteiger partial charge < -0.3 is 9.68 Å². The first-order chi connectivity index (χ1) is 13.5. The molecule has 1 aliphatic heterocycles. The Bertz CT molecular complexity index is 977. The van der Waals surface area contributed by atoms with Gasteiger partial charge in [-0.05, 0) is 54.9 Å². The smallest absolute Gasteiger partial charge is 0.427 e. The summed E-state index contributed by atoms with van der Waals surface area (Å²) in [5.41, 5.74) is 5.61. The number of nitrogens with zero attached hydrogens (tertiary/aromatic N) is 2. The number of halogens is 1. The first-order valence-corrected chi connectivity index (χ1v) is 10.8. The van der Waals surface area contributed by atoms with Gasteiger partial charge in [-0.3, -0.25) is 0 Å². The van der Waals surface area contributed by atoms with Gasteiger partial charge in [0.15, 0.2) is 5.82 Å². The third-order valence-corrected chi connectivity index (χ3v) is 6.39. The number of hydrogen-bond acceptors (Lipinski definition) is 5. The van der Waals surface area contributed by atoms with Gasteiger partial charge in [0.05, 0.1) is 21.0 Å². The van der Waals surface area contributed by atoms with E-state index in [0.29, 0.717) is 6.32 Å². The molecule has 28 heavy (non-hydrogen) atoms. The van der Waals surface area contributed by atoms with Crippen LogP contribution in [0.3, 0.4) is 0 Å². The van der Waals surface area contributed by atoms with E-state index in [4.69, 9.17) is 26.2 Å². The van der Waals surface area contributed by atoms with Crippen LogP contribution in [0.1, 0.15) is 47.5 Å². The molecule has 0 bridgehead atoms. The third-order valence-electron chi connectivity index (χ3n) is 5.17. The van der Waals surface area contributed by atoms with Crippen LogP contribution in [0.25, 0.3) is 10.7 Å². The normalized spacial score (nSPS) is 16.7. The summed E-state index contributed by atoms with van der Waals surface area (Å²) >= 11 is 7.59. The van der Waals surface area contributed by atoms with E-state index in [0.717, 1.165) is 51.3 Å². The SMILES string of the molecule is CCc1c(C)nc(-c2ccc(Cl)s2)nc1Cc1ccc(C2CCB(O)O2)cc1. The Balaban J connectivity index is 1.60. The predicted octanol–water partition coefficient (Wildman–Crippen LogP) is 5.26. The summed E-state index contributed by atoms with van der Waals surface area (Å²) < 4.78 is 6.29. The summed E-state index contributed by atoms with van der Waals surface area (Å²) in [5.74, 6) is 0.742. The molecule has 4 nitrogen and oxygen atoms in total. The van der Waals surface area contributed by atoms with Gasteiger partial charge in [0.25, 0.3) is 0 Å². The van der Waals surface area contributed by atoms with Crippen molar-refractivity contribution in [1.82, 2.24) is 9.97 Å². The van der Waals surface area contributed by atoms with E-state index in [1.165, 1.54) is 22.5 Å². The van der Waals surface area contributed by atoms with Gasteiger partial charge in [-0.25, -0.2) is 9.97 Å². The van der Waals surface area contributed by atoms with Crippen LogP contribution >= 0.6 is 22.9 Å². The zero-order valence-electron chi connectivity index (χ0n) is 16.0. The largest absolute Gasteiger partial charge is 0.454 e. The van der Waals surface area contributed by atoms with E-state index in [9.17, 15) is 5.02 Å². The Labute approximate surface area is 174 Å². The summed E-state index contributed by atoms with van der Waals surface area (Å²) in [6, 6.07) is 12.3. The van der Waals surface area contributed by atoms with Crippen LogP contribution in [0.5, 0.6) is 0 Å². The Morgan fingerprint density at radius 2 is 2.00 bits per heavy atom. The molecule has 3 heterocycles. The number of aromatic nitrogens is 2. The number of aryl methyl sites for hydroxylation is 1. The highest BCUT2D eigenvalue weighted by atomic mass is 35.5. The van der Waals surface area contributed by atoms with Gasteiger partial charge in [-0.2, -0.15) is 0 Å². The van der Waals surface area contributed by atoms with Crippen LogP contribution in [0.2, 0.25) is 10.7 Å². The molecule has 1 fully saturated rings. The van der Waals surface area contributed by atoms with Crippen LogP contribution in [0.15, 0.2) is 36.4 Å². The van der Waals surface area contributed by atoms with Gasteiger partial charge in [0.1, 0.15) is 0 Å². The maximum absolute atomic E-state index is 9.57. The highest BCUT2D eigenvalue weighted by Gasteiger charge is 2.29. The van der Waals surface area contributed by atoms with E-state index in [1.54, 1.807) is 0 Å². The Kier molecular flexibility index (Phi) is 5.83. The average molecular weight is 413 g/mol. The monoisotopic (exact) mass is 412 g/mol. The second-order valence-electron chi connectivity index (χ2n) is 7.09. The van der Waals surface area contributed by atoms with Crippen LogP contribution in [0.4, 0.5) is 0 Å². The number of benzene rings is 1. The maximum Gasteiger partial charge on any atom is 0.454 e. The maximum atomic E-state index is 9.57. The standard InChI is InChI=1S/C21H22BClN2O2S/c1-3-16-13(2)24-21(19-8-9-20(23)28-19)25-17(16)12-14-4-6-15(7-5-14)18-10-11-22(26)27-18/h4-9,18,26H,3,10-12H2,1-2H3. The van der Waals surface area contributed by atoms with Crippen molar-refractivity contribution >= 4 is 30.1 Å². The molecule has 0 amide bonds. The zero-order chi connectivity index (χ0) is 19.7. The molecule has 0 spiro atoms. The fraction of sp³-hybridized carbons (Fsp3) is 0.333. The number of thiophene rings is 1. The summed E-state index contributed by atoms with van der Waals surface area (Å²) in [5, 5.41) is 9.57. The van der Waals surface area contributed by atoms with E-state index >= 15 is 0 Å². The lowest BCUT2D eigenvalue weighted by Gasteiger charge is -2.14. The summed E-state index contributed by atoms with van der Waals surface area (Å²) in [6.07, 6.45) is 3.21. The molecule has 0 aliphatic carbocycles. The van der Waals surface area contributed by atoms with E-state index < -0.39 is 7.12 Å². The average Bonchev–Trinajstić information content (AvgIpc) is 3.31. The molecule has 7 heteroatoms. The van der Waals surface area contributed by atoms with E-state index in [2.05, 4.69) is 38.1 Å². The van der Waals surface area contributed by atoms with Crippen molar-refractivity contribution in [2.75, 3.05) is 0 Å². The van der Waals surface area contributed by atoms with Crippen molar-refractivity contribution in [3.05, 3.63) is 68.8 Å². The zero-order valence-corrected chi connectivity index (χ0v) is 17.6. The van der Waals surface area contributed by atoms with Crippen molar-refractivity contribution in [2.45, 2.75) is 45.5 Å². The highest BCUT2D eigenvalue weighted by molar-refractivity contribution is 7.19. The second kappa shape index (κ2) is 8.33. The van der Waals surface area contributed by atoms with E-state index in [-0.39, 0.29) is 6.10 Å². The van der Waals surface area contributed by atoms with E-state index in [1.807, 2.05) is 12.1 Å². The van der Waals surface area contributed by atoms with Gasteiger partial charge in [-0.15, -0.1) is 11.3 Å². The molecule has 1 N–H and O–H groups in total. The quantitative estimate of drug-likeness (QED) is 0.581. The number of hydrogen-bond donors (Lipinski definition) is 1. The molecular formula is C21H22BClN2O2S. The molecule has 144 valence electrons. The first kappa shape index (κ1) is 19.6. The lowest BCUT2D eigenvalue weighted by Crippen LogP contribution is -2.10. The van der Waals surface area contributed by atoms with Crippen LogP contribution in [0, 0.1) is 6.92 Å². The molecule has 1 aliphatic rings. The highest BCUT2D eigenvalue weighted by Crippen LogP contribution is 2.32. The Morgan fingerprint density at radius 3 is 2.61 bits per heavy atom. The molecule has 1 saturated heterocycles. The molecule has 1 atom stereocenters. The Hall–Kier alpha value is -1.73. The molecule has 4 rings (SSSR count). The predicted molar refractivity (Wildman–Crippen MR) is 115 cm³/mol. The minimum atomic E-state index is -0.634. The van der Waals surface area contributed by atoms with Crippen molar-refractivity contribution in [3.8, 4) is 10.7 Å². The van der Waals surface area contributed by atoms with Crippen molar-refractivity contribution in [1.29, 1.82) is 0 Å². The topological polar surface area (TPSA) is 55.2 Å². The van der Waals surface area contributed by atoms with Gasteiger partial charge in [0.2, 0.25) is 0 Å². The van der Waals surface area contributed by atoms with Gasteiger partial charge in [0, 0.05) is 12.1 Å². The van der Waals surface area contributed by atoms with Gasteiger partial charge in [-0.1, -0.05) is 42.8 Å². The van der Waals surface area contributed by atoms with Crippen molar-refractivity contribution in [2.24, 2.45) is 0 Å². The molecule has 2 aromatic heterocycles. The summed E-state index contributed by atoms with van der Waals surface area (Å²) in [7, 11) is -0.634. The molecule has 1 unspecified atom stereocenters. The van der Waals surface area contributed by atoms with Gasteiger partial charge >= 0.3 is 7.12 Å². The first-order valence-electron chi connectivity index (χ1n) is 9.58.